The third-order valence-electron chi connectivity index (χ3n) is 8.86. The van der Waals surface area contributed by atoms with E-state index in [2.05, 4.69) is 27.9 Å². The van der Waals surface area contributed by atoms with Crippen molar-refractivity contribution in [3.05, 3.63) is 0 Å². The molecule has 0 spiro atoms. The predicted molar refractivity (Wildman–Crippen MR) is 175 cm³/mol. The zero-order chi connectivity index (χ0) is 31.8. The van der Waals surface area contributed by atoms with Crippen LogP contribution in [0, 0.1) is 0 Å². The molecule has 0 aromatic carbocycles. The average molecular weight is 654 g/mol. The van der Waals surface area contributed by atoms with Crippen LogP contribution in [0.15, 0.2) is 0 Å². The van der Waals surface area contributed by atoms with Crippen molar-refractivity contribution < 1.29 is 51.5 Å². The molecule has 266 valence electrons. The van der Waals surface area contributed by atoms with Gasteiger partial charge < -0.3 is 51.5 Å². The lowest BCUT2D eigenvalue weighted by atomic mass is 9.99. The second-order valence-corrected chi connectivity index (χ2v) is 13.8. The lowest BCUT2D eigenvalue weighted by Crippen LogP contribution is -3.00. The molecule has 1 unspecified atom stereocenters. The molecule has 1 saturated heterocycles. The van der Waals surface area contributed by atoms with Crippen molar-refractivity contribution in [2.45, 2.75) is 179 Å². The van der Waals surface area contributed by atoms with E-state index in [9.17, 15) is 20.4 Å². The average Bonchev–Trinajstić information content (AvgIpc) is 2.97. The highest BCUT2D eigenvalue weighted by atomic mass is 35.5. The Morgan fingerprint density at radius 1 is 0.636 bits per heavy atom. The van der Waals surface area contributed by atoms with Gasteiger partial charge in [-0.1, -0.05) is 123 Å². The van der Waals surface area contributed by atoms with Crippen molar-refractivity contribution in [2.75, 3.05) is 47.0 Å². The summed E-state index contributed by atoms with van der Waals surface area (Å²) in [6, 6.07) is 0. The molecule has 0 radical (unpaired) electrons. The summed E-state index contributed by atoms with van der Waals surface area (Å²) in [5.41, 5.74) is 0. The van der Waals surface area contributed by atoms with Gasteiger partial charge in [0.2, 0.25) is 0 Å². The number of aliphatic hydroxyl groups excluding tert-OH is 4. The highest BCUT2D eigenvalue weighted by Gasteiger charge is 2.44. The molecule has 0 amide bonds. The summed E-state index contributed by atoms with van der Waals surface area (Å²) in [6.07, 6.45) is 18.9. The minimum absolute atomic E-state index is 0. The van der Waals surface area contributed by atoms with E-state index in [0.29, 0.717) is 13.2 Å². The van der Waals surface area contributed by atoms with Crippen LogP contribution in [-0.2, 0) is 14.2 Å². The molecule has 1 heterocycles. The number of unbranched alkanes of at least 4 members (excludes halogenated alkanes) is 18. The minimum atomic E-state index is -1.37. The fraction of sp³-hybridized carbons (Fsp3) is 1.00. The second-order valence-electron chi connectivity index (χ2n) is 13.8. The highest BCUT2D eigenvalue weighted by molar-refractivity contribution is 4.89. The van der Waals surface area contributed by atoms with Crippen molar-refractivity contribution >= 4 is 0 Å². The zero-order valence-electron chi connectivity index (χ0n) is 29.0. The van der Waals surface area contributed by atoms with Crippen LogP contribution in [0.25, 0.3) is 0 Å². The molecule has 1 aliphatic heterocycles. The van der Waals surface area contributed by atoms with E-state index in [1.807, 2.05) is 0 Å². The first-order valence-corrected chi connectivity index (χ1v) is 18.1. The van der Waals surface area contributed by atoms with Crippen LogP contribution in [0.3, 0.4) is 0 Å². The summed E-state index contributed by atoms with van der Waals surface area (Å²) in [7, 11) is 4.28. The SMILES string of the molecule is CCCCCCCCCCCCO[C@H]1O[C@H](COCC(O)C[N+](C)(C)CCCCCCCCCCCC)[C@@H](O)[C@H](O)[C@H]1O.[Cl-]. The van der Waals surface area contributed by atoms with Crippen molar-refractivity contribution in [3.63, 3.8) is 0 Å². The molecule has 8 nitrogen and oxygen atoms in total. The van der Waals surface area contributed by atoms with Crippen LogP contribution in [0.4, 0.5) is 0 Å². The number of aliphatic hydroxyl groups is 4. The van der Waals surface area contributed by atoms with Gasteiger partial charge >= 0.3 is 0 Å². The van der Waals surface area contributed by atoms with Gasteiger partial charge in [-0.15, -0.1) is 0 Å². The fourth-order valence-corrected chi connectivity index (χ4v) is 6.04. The van der Waals surface area contributed by atoms with E-state index in [4.69, 9.17) is 14.2 Å². The number of rotatable bonds is 29. The van der Waals surface area contributed by atoms with Gasteiger partial charge in [0.25, 0.3) is 0 Å². The van der Waals surface area contributed by atoms with Crippen molar-refractivity contribution in [2.24, 2.45) is 0 Å². The molecule has 0 aromatic rings. The number of halogens is 1. The smallest absolute Gasteiger partial charge is 0.186 e. The molecule has 44 heavy (non-hydrogen) atoms. The molecule has 4 N–H and O–H groups in total. The summed E-state index contributed by atoms with van der Waals surface area (Å²) in [6.45, 7) is 6.65. The largest absolute Gasteiger partial charge is 1.00 e. The van der Waals surface area contributed by atoms with E-state index in [1.54, 1.807) is 0 Å². The van der Waals surface area contributed by atoms with Gasteiger partial charge in [-0.25, -0.2) is 0 Å². The van der Waals surface area contributed by atoms with E-state index < -0.39 is 36.8 Å². The quantitative estimate of drug-likeness (QED) is 0.0726. The number of likely N-dealkylation sites (N-methyl/N-ethyl adjacent to an activating group) is 1. The highest BCUT2D eigenvalue weighted by Crippen LogP contribution is 2.23. The van der Waals surface area contributed by atoms with Crippen LogP contribution in [0.1, 0.15) is 142 Å². The van der Waals surface area contributed by atoms with Crippen molar-refractivity contribution in [1.29, 1.82) is 0 Å². The van der Waals surface area contributed by atoms with E-state index >= 15 is 0 Å². The van der Waals surface area contributed by atoms with Crippen LogP contribution in [0.5, 0.6) is 0 Å². The van der Waals surface area contributed by atoms with E-state index in [1.165, 1.54) is 109 Å². The normalized spacial score (nSPS) is 23.0. The van der Waals surface area contributed by atoms with Gasteiger partial charge in [0.1, 0.15) is 37.1 Å². The molecule has 0 bridgehead atoms. The lowest BCUT2D eigenvalue weighted by molar-refractivity contribution is -0.893. The molecule has 0 aromatic heterocycles. The summed E-state index contributed by atoms with van der Waals surface area (Å²) in [5, 5.41) is 41.7. The lowest BCUT2D eigenvalue weighted by Gasteiger charge is -2.40. The second kappa shape index (κ2) is 28.0. The molecule has 0 saturated carbocycles. The molecule has 1 rings (SSSR count). The molecule has 9 heteroatoms. The van der Waals surface area contributed by atoms with Gasteiger partial charge in [-0.05, 0) is 19.3 Å². The number of ether oxygens (including phenoxy) is 3. The zero-order valence-corrected chi connectivity index (χ0v) is 29.7. The van der Waals surface area contributed by atoms with Crippen LogP contribution >= 0.6 is 0 Å². The maximum absolute atomic E-state index is 10.6. The van der Waals surface area contributed by atoms with Gasteiger partial charge in [0, 0.05) is 6.61 Å². The molecular weight excluding hydrogens is 582 g/mol. The van der Waals surface area contributed by atoms with Gasteiger partial charge in [0.15, 0.2) is 6.29 Å². The van der Waals surface area contributed by atoms with Crippen LogP contribution in [-0.4, -0.2) is 109 Å². The summed E-state index contributed by atoms with van der Waals surface area (Å²) >= 11 is 0. The topological polar surface area (TPSA) is 109 Å². The predicted octanol–water partition coefficient (Wildman–Crippen LogP) is 3.11. The third kappa shape index (κ3) is 21.7. The Bertz CT molecular complexity index is 630. The van der Waals surface area contributed by atoms with Crippen LogP contribution < -0.4 is 12.4 Å². The Morgan fingerprint density at radius 3 is 1.59 bits per heavy atom. The van der Waals surface area contributed by atoms with E-state index in [0.717, 1.165) is 30.3 Å². The maximum atomic E-state index is 10.6. The molecule has 0 aliphatic carbocycles. The molecule has 6 atom stereocenters. The number of hydrogen-bond donors (Lipinski definition) is 4. The Labute approximate surface area is 277 Å². The van der Waals surface area contributed by atoms with E-state index in [-0.39, 0.29) is 25.6 Å². The van der Waals surface area contributed by atoms with Crippen LogP contribution in [0.2, 0.25) is 0 Å². The molecule has 1 aliphatic rings. The minimum Gasteiger partial charge on any atom is -1.00 e. The molecule has 1 fully saturated rings. The van der Waals surface area contributed by atoms with Crippen molar-refractivity contribution in [3.8, 4) is 0 Å². The maximum Gasteiger partial charge on any atom is 0.186 e. The summed E-state index contributed by atoms with van der Waals surface area (Å²) in [4.78, 5) is 0. The number of hydrogen-bond acceptors (Lipinski definition) is 7. The first-order valence-electron chi connectivity index (χ1n) is 18.1. The van der Waals surface area contributed by atoms with Gasteiger partial charge in [0.05, 0.1) is 33.9 Å². The third-order valence-corrected chi connectivity index (χ3v) is 8.86. The first kappa shape index (κ1) is 44.0. The first-order chi connectivity index (χ1) is 20.7. The van der Waals surface area contributed by atoms with Gasteiger partial charge in [-0.2, -0.15) is 0 Å². The van der Waals surface area contributed by atoms with Gasteiger partial charge in [-0.3, -0.25) is 0 Å². The Hall–Kier alpha value is -0.0300. The summed E-state index contributed by atoms with van der Waals surface area (Å²) in [5.74, 6) is 0. The Morgan fingerprint density at radius 2 is 1.09 bits per heavy atom. The molecular formula is C35H72ClNO7. The fourth-order valence-electron chi connectivity index (χ4n) is 6.04. The summed E-state index contributed by atoms with van der Waals surface area (Å²) < 4.78 is 18.0. The monoisotopic (exact) mass is 653 g/mol. The Balaban J connectivity index is 0.0000185. The van der Waals surface area contributed by atoms with Crippen molar-refractivity contribution in [1.82, 2.24) is 0 Å². The number of nitrogens with zero attached hydrogens (tertiary/aromatic N) is 1. The number of quaternary nitrogens is 1. The standard InChI is InChI=1S/C35H72NO7.ClH/c1-5-7-9-11-13-15-17-19-21-23-25-36(3,4)27-30(37)28-41-29-31-32(38)33(39)34(40)35(43-31)42-26-24-22-20-18-16-14-12-10-8-6-2;/h30-35,37-40H,5-29H2,1-4H3;1H/q+1;/p-1/t30?,31-,32-,33+,34-,35+;/m1./s1. The Kier molecular flexibility index (Phi) is 28.0.